The molecule has 2 nitrogen and oxygen atoms in total. The van der Waals surface area contributed by atoms with E-state index in [9.17, 15) is 0 Å². The van der Waals surface area contributed by atoms with Gasteiger partial charge in [0.25, 0.3) is 0 Å². The summed E-state index contributed by atoms with van der Waals surface area (Å²) in [5.41, 5.74) is 1.24. The Morgan fingerprint density at radius 3 is 2.56 bits per heavy atom. The van der Waals surface area contributed by atoms with E-state index in [0.29, 0.717) is 6.54 Å². The number of hydrogen-bond acceptors (Lipinski definition) is 3. The lowest BCUT2D eigenvalue weighted by Gasteiger charge is -2.14. The van der Waals surface area contributed by atoms with Gasteiger partial charge >= 0.3 is 0 Å². The van der Waals surface area contributed by atoms with Gasteiger partial charge in [-0.15, -0.1) is 17.8 Å². The summed E-state index contributed by atoms with van der Waals surface area (Å²) in [7, 11) is 0. The molecule has 0 spiro atoms. The zero-order valence-corrected chi connectivity index (χ0v) is 11.5. The monoisotopic (exact) mass is 236 g/mol. The largest absolute Gasteiger partial charge is 0.299 e. The first-order chi connectivity index (χ1) is 7.36. The third-order valence-corrected chi connectivity index (χ3v) is 4.14. The lowest BCUT2D eigenvalue weighted by Crippen LogP contribution is -2.18. The van der Waals surface area contributed by atoms with Crippen molar-refractivity contribution in [3.05, 3.63) is 15.6 Å². The molecule has 0 saturated carbocycles. The molecule has 0 fully saturated rings. The first kappa shape index (κ1) is 13.2. The summed E-state index contributed by atoms with van der Waals surface area (Å²) < 4.78 is 0. The molecule has 1 unspecified atom stereocenters. The van der Waals surface area contributed by atoms with Gasteiger partial charge < -0.3 is 0 Å². The summed E-state index contributed by atoms with van der Waals surface area (Å²) in [5, 5.41) is 4.48. The molecule has 0 saturated heterocycles. The van der Waals surface area contributed by atoms with Crippen molar-refractivity contribution in [2.75, 3.05) is 6.54 Å². The van der Waals surface area contributed by atoms with Crippen LogP contribution in [0.1, 0.15) is 49.3 Å². The van der Waals surface area contributed by atoms with Crippen LogP contribution in [0.5, 0.6) is 0 Å². The highest BCUT2D eigenvalue weighted by atomic mass is 32.1. The zero-order valence-electron chi connectivity index (χ0n) is 10.7. The summed E-state index contributed by atoms with van der Waals surface area (Å²) in [4.78, 5) is 5.93. The smallest absolute Gasteiger partial charge is 0.0985 e. The van der Waals surface area contributed by atoms with Crippen molar-refractivity contribution in [3.63, 3.8) is 0 Å². The summed E-state index contributed by atoms with van der Waals surface area (Å²) >= 11 is 1.78. The normalized spacial score (nSPS) is 13.5. The van der Waals surface area contributed by atoms with E-state index < -0.39 is 0 Å². The standard InChI is InChI=1S/C13H20N2S/c1-7-8-14-9(2)11-10(3)15-12(16-11)13(4,5)6/h1,9,14H,8H2,2-6H3. The molecular weight excluding hydrogens is 216 g/mol. The van der Waals surface area contributed by atoms with E-state index in [1.54, 1.807) is 11.3 Å². The van der Waals surface area contributed by atoms with E-state index in [2.05, 4.69) is 50.8 Å². The molecule has 0 aliphatic rings. The van der Waals surface area contributed by atoms with E-state index in [1.165, 1.54) is 9.88 Å². The number of nitrogens with one attached hydrogen (secondary N) is 1. The molecule has 0 aliphatic heterocycles. The predicted octanol–water partition coefficient (Wildman–Crippen LogP) is 3.03. The van der Waals surface area contributed by atoms with E-state index >= 15 is 0 Å². The topological polar surface area (TPSA) is 24.9 Å². The number of nitrogens with zero attached hydrogens (tertiary/aromatic N) is 1. The number of terminal acetylenes is 1. The minimum absolute atomic E-state index is 0.125. The molecule has 1 atom stereocenters. The van der Waals surface area contributed by atoms with Gasteiger partial charge in [0, 0.05) is 16.3 Å². The molecule has 88 valence electrons. The van der Waals surface area contributed by atoms with Gasteiger partial charge in [-0.2, -0.15) is 0 Å². The maximum absolute atomic E-state index is 5.24. The third kappa shape index (κ3) is 3.07. The second kappa shape index (κ2) is 4.99. The Labute approximate surface area is 102 Å². The number of hydrogen-bond donors (Lipinski definition) is 1. The molecule has 1 heterocycles. The number of rotatable bonds is 3. The summed E-state index contributed by atoms with van der Waals surface area (Å²) in [6, 6.07) is 0.282. The second-order valence-corrected chi connectivity index (χ2v) is 6.06. The second-order valence-electron chi connectivity index (χ2n) is 5.03. The Kier molecular flexibility index (Phi) is 4.12. The van der Waals surface area contributed by atoms with Gasteiger partial charge in [0.1, 0.15) is 0 Å². The molecule has 1 rings (SSSR count). The van der Waals surface area contributed by atoms with Crippen molar-refractivity contribution in [1.29, 1.82) is 0 Å². The summed E-state index contributed by atoms with van der Waals surface area (Å²) in [5.74, 6) is 2.60. The lowest BCUT2D eigenvalue weighted by molar-refractivity contribution is 0.583. The molecule has 0 radical (unpaired) electrons. The first-order valence-corrected chi connectivity index (χ1v) is 6.32. The van der Waals surface area contributed by atoms with Crippen molar-refractivity contribution in [3.8, 4) is 12.3 Å². The van der Waals surface area contributed by atoms with Gasteiger partial charge in [-0.1, -0.05) is 26.7 Å². The van der Waals surface area contributed by atoms with E-state index in [0.717, 1.165) is 5.69 Å². The third-order valence-electron chi connectivity index (χ3n) is 2.38. The quantitative estimate of drug-likeness (QED) is 0.816. The maximum atomic E-state index is 5.24. The van der Waals surface area contributed by atoms with Crippen LogP contribution in [-0.2, 0) is 5.41 Å². The molecule has 1 aromatic rings. The molecular formula is C13H20N2S. The van der Waals surface area contributed by atoms with Crippen LogP contribution in [0.15, 0.2) is 0 Å². The Balaban J connectivity index is 2.90. The van der Waals surface area contributed by atoms with Gasteiger partial charge in [-0.05, 0) is 13.8 Å². The minimum Gasteiger partial charge on any atom is -0.299 e. The van der Waals surface area contributed by atoms with Crippen LogP contribution in [0.3, 0.4) is 0 Å². The van der Waals surface area contributed by atoms with Crippen molar-refractivity contribution in [2.24, 2.45) is 0 Å². The first-order valence-electron chi connectivity index (χ1n) is 5.51. The molecule has 0 amide bonds. The van der Waals surface area contributed by atoms with E-state index in [-0.39, 0.29) is 11.5 Å². The van der Waals surface area contributed by atoms with Crippen LogP contribution in [-0.4, -0.2) is 11.5 Å². The predicted molar refractivity (Wildman–Crippen MR) is 70.8 cm³/mol. The molecule has 16 heavy (non-hydrogen) atoms. The fourth-order valence-electron chi connectivity index (χ4n) is 1.44. The fraction of sp³-hybridized carbons (Fsp3) is 0.615. The Morgan fingerprint density at radius 1 is 1.50 bits per heavy atom. The highest BCUT2D eigenvalue weighted by molar-refractivity contribution is 7.12. The molecule has 0 aliphatic carbocycles. The minimum atomic E-state index is 0.125. The number of thiazole rings is 1. The van der Waals surface area contributed by atoms with Gasteiger partial charge in [-0.3, -0.25) is 5.32 Å². The van der Waals surface area contributed by atoms with Gasteiger partial charge in [0.2, 0.25) is 0 Å². The highest BCUT2D eigenvalue weighted by Crippen LogP contribution is 2.32. The van der Waals surface area contributed by atoms with Crippen molar-refractivity contribution < 1.29 is 0 Å². The van der Waals surface area contributed by atoms with Crippen LogP contribution < -0.4 is 5.32 Å². The zero-order chi connectivity index (χ0) is 12.3. The Bertz CT molecular complexity index is 393. The number of aryl methyl sites for hydroxylation is 1. The van der Waals surface area contributed by atoms with Crippen molar-refractivity contribution in [2.45, 2.75) is 46.1 Å². The van der Waals surface area contributed by atoms with Gasteiger partial charge in [-0.25, -0.2) is 4.98 Å². The highest BCUT2D eigenvalue weighted by Gasteiger charge is 2.21. The summed E-state index contributed by atoms with van der Waals surface area (Å²) in [6.45, 7) is 11.4. The molecule has 1 aromatic heterocycles. The summed E-state index contributed by atoms with van der Waals surface area (Å²) in [6.07, 6.45) is 5.24. The Morgan fingerprint density at radius 2 is 2.12 bits per heavy atom. The molecule has 0 bridgehead atoms. The van der Waals surface area contributed by atoms with Gasteiger partial charge in [0.05, 0.1) is 17.2 Å². The molecule has 1 N–H and O–H groups in total. The Hall–Kier alpha value is -0.850. The maximum Gasteiger partial charge on any atom is 0.0985 e. The average Bonchev–Trinajstić information content (AvgIpc) is 2.56. The van der Waals surface area contributed by atoms with Crippen LogP contribution in [0.25, 0.3) is 0 Å². The SMILES string of the molecule is C#CCNC(C)c1sc(C(C)(C)C)nc1C. The van der Waals surface area contributed by atoms with Crippen LogP contribution in [0.4, 0.5) is 0 Å². The molecule has 3 heteroatoms. The van der Waals surface area contributed by atoms with Crippen LogP contribution in [0.2, 0.25) is 0 Å². The lowest BCUT2D eigenvalue weighted by atomic mass is 9.98. The van der Waals surface area contributed by atoms with Gasteiger partial charge in [0.15, 0.2) is 0 Å². The van der Waals surface area contributed by atoms with Crippen LogP contribution in [0, 0.1) is 19.3 Å². The number of aromatic nitrogens is 1. The van der Waals surface area contributed by atoms with Crippen molar-refractivity contribution in [1.82, 2.24) is 10.3 Å². The van der Waals surface area contributed by atoms with E-state index in [1.807, 2.05) is 0 Å². The fourth-order valence-corrected chi connectivity index (χ4v) is 2.59. The van der Waals surface area contributed by atoms with Crippen LogP contribution >= 0.6 is 11.3 Å². The van der Waals surface area contributed by atoms with Crippen molar-refractivity contribution >= 4 is 11.3 Å². The molecule has 0 aromatic carbocycles. The average molecular weight is 236 g/mol. The van der Waals surface area contributed by atoms with E-state index in [4.69, 9.17) is 6.42 Å².